The molecule has 0 radical (unpaired) electrons. The molecule has 0 saturated carbocycles. The average Bonchev–Trinajstić information content (AvgIpc) is 2.06. The number of pyridine rings is 1. The van der Waals surface area contributed by atoms with Crippen LogP contribution in [0.25, 0.3) is 6.20 Å². The van der Waals surface area contributed by atoms with E-state index in [1.54, 1.807) is 0 Å². The Labute approximate surface area is 99.5 Å². The Morgan fingerprint density at radius 1 is 1.25 bits per heavy atom. The second-order valence-electron chi connectivity index (χ2n) is 2.03. The summed E-state index contributed by atoms with van der Waals surface area (Å²) in [6.07, 6.45) is 5.99. The van der Waals surface area contributed by atoms with Gasteiger partial charge in [0.25, 0.3) is 0 Å². The Bertz CT molecular complexity index is 246. The van der Waals surface area contributed by atoms with Gasteiger partial charge in [-0.3, -0.25) is 0 Å². The lowest BCUT2D eigenvalue weighted by atomic mass is 10.5. The highest BCUT2D eigenvalue weighted by atomic mass is 79.9. The summed E-state index contributed by atoms with van der Waals surface area (Å²) in [5.41, 5.74) is 0. The van der Waals surface area contributed by atoms with Crippen LogP contribution in [0.5, 0.6) is 0 Å². The highest BCUT2D eigenvalue weighted by Crippen LogP contribution is 2.06. The second-order valence-corrected chi connectivity index (χ2v) is 3.61. The maximum Gasteiger partial charge on any atom is 0.185 e. The van der Waals surface area contributed by atoms with Gasteiger partial charge in [0.2, 0.25) is 0 Å². The van der Waals surface area contributed by atoms with Crippen molar-refractivity contribution >= 4 is 38.1 Å². The summed E-state index contributed by atoms with van der Waals surface area (Å²) in [6.45, 7) is 0. The van der Waals surface area contributed by atoms with E-state index in [4.69, 9.17) is 0 Å². The topological polar surface area (TPSA) is 3.88 Å². The SMILES string of the molecule is BrCC(Br)=C[n+]1ccccc1.[Br-]. The van der Waals surface area contributed by atoms with Crippen molar-refractivity contribution < 1.29 is 21.5 Å². The molecule has 1 nitrogen and oxygen atoms in total. The van der Waals surface area contributed by atoms with Gasteiger partial charge in [-0.15, -0.1) is 0 Å². The predicted molar refractivity (Wildman–Crippen MR) is 53.6 cm³/mol. The van der Waals surface area contributed by atoms with Gasteiger partial charge in [-0.2, -0.15) is 4.57 Å². The molecule has 0 bridgehead atoms. The summed E-state index contributed by atoms with van der Waals surface area (Å²) >= 11 is 6.75. The normalized spacial score (nSPS) is 10.7. The van der Waals surface area contributed by atoms with Crippen LogP contribution in [0.15, 0.2) is 35.1 Å². The van der Waals surface area contributed by atoms with Crippen LogP contribution in [0.4, 0.5) is 0 Å². The van der Waals surface area contributed by atoms with E-state index in [-0.39, 0.29) is 17.0 Å². The minimum atomic E-state index is 0. The maximum absolute atomic E-state index is 3.41. The Morgan fingerprint density at radius 3 is 2.33 bits per heavy atom. The Morgan fingerprint density at radius 2 is 1.83 bits per heavy atom. The van der Waals surface area contributed by atoms with Crippen LogP contribution in [0.2, 0.25) is 0 Å². The van der Waals surface area contributed by atoms with Gasteiger partial charge in [0, 0.05) is 17.5 Å². The number of rotatable bonds is 2. The molecule has 1 rings (SSSR count). The molecule has 1 heterocycles. The molecule has 0 saturated heterocycles. The fourth-order valence-corrected chi connectivity index (χ4v) is 1.08. The van der Waals surface area contributed by atoms with Crippen LogP contribution in [0.3, 0.4) is 0 Å². The van der Waals surface area contributed by atoms with Crippen LogP contribution in [0.1, 0.15) is 0 Å². The molecule has 0 aliphatic carbocycles. The molecule has 66 valence electrons. The number of alkyl halides is 1. The standard InChI is InChI=1S/C8H8Br2N.BrH/c9-6-8(10)7-11-4-2-1-3-5-11;/h1-5,7H,6H2;1H/q+1;/p-1. The Hall–Kier alpha value is 0.330. The van der Waals surface area contributed by atoms with Gasteiger partial charge in [-0.1, -0.05) is 22.0 Å². The molecular formula is C8H8Br3N. The molecule has 0 fully saturated rings. The van der Waals surface area contributed by atoms with E-state index >= 15 is 0 Å². The molecule has 4 heteroatoms. The first-order chi connectivity index (χ1) is 5.33. The molecule has 0 unspecified atom stereocenters. The number of halogens is 3. The molecule has 0 amide bonds. The summed E-state index contributed by atoms with van der Waals surface area (Å²) in [5, 5.41) is 0.842. The number of hydrogen-bond donors (Lipinski definition) is 0. The number of hydrogen-bond acceptors (Lipinski definition) is 0. The maximum atomic E-state index is 3.41. The smallest absolute Gasteiger partial charge is 0.185 e. The van der Waals surface area contributed by atoms with Crippen LogP contribution >= 0.6 is 31.9 Å². The minimum Gasteiger partial charge on any atom is -1.00 e. The quantitative estimate of drug-likeness (QED) is 0.499. The van der Waals surface area contributed by atoms with E-state index in [9.17, 15) is 0 Å². The molecule has 0 atom stereocenters. The summed E-state index contributed by atoms with van der Waals surface area (Å²) in [6, 6.07) is 5.97. The number of aromatic nitrogens is 1. The molecule has 1 aromatic rings. The van der Waals surface area contributed by atoms with Crippen molar-refractivity contribution in [3.63, 3.8) is 0 Å². The van der Waals surface area contributed by atoms with Crippen LogP contribution < -0.4 is 21.5 Å². The molecule has 0 aliphatic heterocycles. The van der Waals surface area contributed by atoms with E-state index in [0.717, 1.165) is 9.81 Å². The van der Waals surface area contributed by atoms with Crippen LogP contribution in [0, 0.1) is 0 Å². The Kier molecular flexibility index (Phi) is 6.99. The van der Waals surface area contributed by atoms with E-state index in [1.807, 2.05) is 41.4 Å². The van der Waals surface area contributed by atoms with Gasteiger partial charge in [0.1, 0.15) is 0 Å². The first kappa shape index (κ1) is 12.3. The van der Waals surface area contributed by atoms with Gasteiger partial charge in [0.15, 0.2) is 18.6 Å². The van der Waals surface area contributed by atoms with Crippen molar-refractivity contribution in [1.29, 1.82) is 0 Å². The van der Waals surface area contributed by atoms with Crippen molar-refractivity contribution in [1.82, 2.24) is 0 Å². The fourth-order valence-electron chi connectivity index (χ4n) is 0.694. The lowest BCUT2D eigenvalue weighted by Gasteiger charge is -1.87. The van der Waals surface area contributed by atoms with Crippen molar-refractivity contribution in [2.24, 2.45) is 0 Å². The summed E-state index contributed by atoms with van der Waals surface area (Å²) < 4.78 is 3.11. The van der Waals surface area contributed by atoms with Gasteiger partial charge in [-0.25, -0.2) is 0 Å². The lowest BCUT2D eigenvalue weighted by molar-refractivity contribution is -0.568. The highest BCUT2D eigenvalue weighted by molar-refractivity contribution is 9.13. The summed E-state index contributed by atoms with van der Waals surface area (Å²) in [5.74, 6) is 0. The average molecular weight is 358 g/mol. The third-order valence-electron chi connectivity index (χ3n) is 1.16. The third kappa shape index (κ3) is 4.38. The zero-order chi connectivity index (χ0) is 8.10. The first-order valence-electron chi connectivity index (χ1n) is 3.21. The minimum absolute atomic E-state index is 0. The van der Waals surface area contributed by atoms with Crippen LogP contribution in [-0.2, 0) is 0 Å². The van der Waals surface area contributed by atoms with E-state index in [1.165, 1.54) is 0 Å². The fraction of sp³-hybridized carbons (Fsp3) is 0.125. The summed E-state index contributed by atoms with van der Waals surface area (Å²) in [7, 11) is 0. The molecule has 0 aromatic carbocycles. The number of nitrogens with zero attached hydrogens (tertiary/aromatic N) is 1. The van der Waals surface area contributed by atoms with Gasteiger partial charge >= 0.3 is 0 Å². The van der Waals surface area contributed by atoms with E-state index in [2.05, 4.69) is 31.9 Å². The molecule has 0 spiro atoms. The predicted octanol–water partition coefficient (Wildman–Crippen LogP) is -0.434. The number of allylic oxidation sites excluding steroid dienone is 1. The van der Waals surface area contributed by atoms with Gasteiger partial charge in [-0.05, 0) is 15.9 Å². The van der Waals surface area contributed by atoms with Crippen molar-refractivity contribution in [3.8, 4) is 0 Å². The molecule has 0 aliphatic rings. The highest BCUT2D eigenvalue weighted by Gasteiger charge is 1.94. The Balaban J connectivity index is 0.00000121. The molecular weight excluding hydrogens is 350 g/mol. The zero-order valence-electron chi connectivity index (χ0n) is 6.25. The van der Waals surface area contributed by atoms with Gasteiger partial charge in [0.05, 0.1) is 4.48 Å². The van der Waals surface area contributed by atoms with Crippen molar-refractivity contribution in [2.75, 3.05) is 5.33 Å². The largest absolute Gasteiger partial charge is 1.00 e. The molecule has 0 N–H and O–H groups in total. The van der Waals surface area contributed by atoms with E-state index in [0.29, 0.717) is 0 Å². The first-order valence-corrected chi connectivity index (χ1v) is 5.12. The monoisotopic (exact) mass is 355 g/mol. The zero-order valence-corrected chi connectivity index (χ0v) is 11.0. The molecule has 1 aromatic heterocycles. The van der Waals surface area contributed by atoms with Crippen molar-refractivity contribution in [2.45, 2.75) is 0 Å². The molecule has 12 heavy (non-hydrogen) atoms. The van der Waals surface area contributed by atoms with Crippen LogP contribution in [-0.4, -0.2) is 5.33 Å². The third-order valence-corrected chi connectivity index (χ3v) is 3.00. The second kappa shape index (κ2) is 6.80. The van der Waals surface area contributed by atoms with E-state index < -0.39 is 0 Å². The lowest BCUT2D eigenvalue weighted by Crippen LogP contribution is -3.00. The van der Waals surface area contributed by atoms with Crippen molar-refractivity contribution in [3.05, 3.63) is 35.1 Å². The van der Waals surface area contributed by atoms with Gasteiger partial charge < -0.3 is 17.0 Å². The summed E-state index contributed by atoms with van der Waals surface area (Å²) in [4.78, 5) is 0.